The minimum absolute atomic E-state index is 0.0515. The molecule has 1 aliphatic carbocycles. The Morgan fingerprint density at radius 3 is 2.39 bits per heavy atom. The molecule has 0 saturated heterocycles. The molecule has 0 amide bonds. The van der Waals surface area contributed by atoms with Gasteiger partial charge < -0.3 is 29.0 Å². The first kappa shape index (κ1) is 29.3. The lowest BCUT2D eigenvalue weighted by atomic mass is 9.94. The van der Waals surface area contributed by atoms with E-state index < -0.39 is 0 Å². The Kier molecular flexibility index (Phi) is 15.7. The van der Waals surface area contributed by atoms with E-state index in [9.17, 15) is 4.79 Å². The largest absolute Gasteiger partial charge is 0.460 e. The summed E-state index contributed by atoms with van der Waals surface area (Å²) in [6.07, 6.45) is 5.49. The first-order valence-corrected chi connectivity index (χ1v) is 12.0. The Hall–Kier alpha value is -1.74. The van der Waals surface area contributed by atoms with Crippen molar-refractivity contribution in [3.8, 4) is 0 Å². The van der Waals surface area contributed by atoms with Crippen LogP contribution in [0.4, 0.5) is 0 Å². The number of nitrogens with zero attached hydrogens (tertiary/aromatic N) is 1. The van der Waals surface area contributed by atoms with Crippen LogP contribution in [0.5, 0.6) is 0 Å². The summed E-state index contributed by atoms with van der Waals surface area (Å²) in [5, 5.41) is 3.43. The molecular weight excluding hydrogens is 424 g/mol. The molecule has 0 aromatic heterocycles. The summed E-state index contributed by atoms with van der Waals surface area (Å²) >= 11 is 0. The van der Waals surface area contributed by atoms with Crippen LogP contribution >= 0.6 is 0 Å². The fourth-order valence-corrected chi connectivity index (χ4v) is 3.38. The first-order valence-electron chi connectivity index (χ1n) is 12.0. The highest BCUT2D eigenvalue weighted by Crippen LogP contribution is 2.24. The van der Waals surface area contributed by atoms with Gasteiger partial charge in [-0.05, 0) is 71.7 Å². The molecule has 0 fully saturated rings. The minimum Gasteiger partial charge on any atom is -0.460 e. The third-order valence-corrected chi connectivity index (χ3v) is 5.15. The van der Waals surface area contributed by atoms with Gasteiger partial charge in [0.05, 0.1) is 43.6 Å². The van der Waals surface area contributed by atoms with Gasteiger partial charge in [0, 0.05) is 32.6 Å². The fourth-order valence-electron chi connectivity index (χ4n) is 3.38. The molecule has 8 nitrogen and oxygen atoms in total. The quantitative estimate of drug-likeness (QED) is 0.143. The van der Waals surface area contributed by atoms with Crippen molar-refractivity contribution in [2.24, 2.45) is 4.99 Å². The van der Waals surface area contributed by atoms with E-state index in [0.29, 0.717) is 25.4 Å². The number of carbonyl (C=O) groups is 1. The molecule has 0 saturated carbocycles. The molecule has 3 unspecified atom stereocenters. The molecule has 0 spiro atoms. The summed E-state index contributed by atoms with van der Waals surface area (Å²) in [5.41, 5.74) is 2.66. The van der Waals surface area contributed by atoms with E-state index >= 15 is 0 Å². The predicted molar refractivity (Wildman–Crippen MR) is 131 cm³/mol. The van der Waals surface area contributed by atoms with Crippen molar-refractivity contribution in [3.63, 3.8) is 0 Å². The van der Waals surface area contributed by atoms with Crippen LogP contribution in [0.1, 0.15) is 53.4 Å². The van der Waals surface area contributed by atoms with Gasteiger partial charge in [-0.1, -0.05) is 0 Å². The van der Waals surface area contributed by atoms with Crippen LogP contribution in [-0.4, -0.2) is 84.2 Å². The van der Waals surface area contributed by atoms with Gasteiger partial charge in [-0.3, -0.25) is 4.99 Å². The number of ether oxygens (including phenoxy) is 5. The number of nitrogens with one attached hydrogen (secondary N) is 1. The number of allylic oxidation sites excluding steroid dienone is 3. The van der Waals surface area contributed by atoms with Gasteiger partial charge in [0.25, 0.3) is 0 Å². The van der Waals surface area contributed by atoms with Gasteiger partial charge >= 0.3 is 5.97 Å². The molecule has 1 N–H and O–H groups in total. The second-order valence-corrected chi connectivity index (χ2v) is 8.33. The van der Waals surface area contributed by atoms with Gasteiger partial charge in [0.1, 0.15) is 6.61 Å². The van der Waals surface area contributed by atoms with Crippen LogP contribution in [0, 0.1) is 0 Å². The highest BCUT2D eigenvalue weighted by atomic mass is 16.6. The van der Waals surface area contributed by atoms with Crippen molar-refractivity contribution in [1.82, 2.24) is 5.32 Å². The zero-order valence-electron chi connectivity index (χ0n) is 21.2. The maximum absolute atomic E-state index is 12.8. The normalized spacial score (nSPS) is 18.2. The molecular formula is C25H44N2O6. The smallest absolute Gasteiger partial charge is 0.336 e. The van der Waals surface area contributed by atoms with Crippen molar-refractivity contribution in [2.75, 3.05) is 53.2 Å². The van der Waals surface area contributed by atoms with Gasteiger partial charge in [-0.15, -0.1) is 0 Å². The lowest BCUT2D eigenvalue weighted by molar-refractivity contribution is -0.144. The van der Waals surface area contributed by atoms with E-state index in [1.165, 1.54) is 0 Å². The summed E-state index contributed by atoms with van der Waals surface area (Å²) in [6, 6.07) is 0. The summed E-state index contributed by atoms with van der Waals surface area (Å²) in [4.78, 5) is 16.7. The monoisotopic (exact) mass is 468 g/mol. The highest BCUT2D eigenvalue weighted by molar-refractivity contribution is 5.90. The molecule has 33 heavy (non-hydrogen) atoms. The zero-order valence-corrected chi connectivity index (χ0v) is 21.2. The molecule has 1 aliphatic rings. The lowest BCUT2D eigenvalue weighted by Crippen LogP contribution is -2.27. The van der Waals surface area contributed by atoms with Crippen LogP contribution in [0.3, 0.4) is 0 Å². The number of methoxy groups -OCH3 is 1. The Labute approximate surface area is 199 Å². The summed E-state index contributed by atoms with van der Waals surface area (Å²) in [7, 11) is 1.70. The maximum Gasteiger partial charge on any atom is 0.336 e. The minimum atomic E-state index is -0.362. The summed E-state index contributed by atoms with van der Waals surface area (Å²) < 4.78 is 27.6. The van der Waals surface area contributed by atoms with Crippen LogP contribution in [0.2, 0.25) is 0 Å². The molecule has 3 atom stereocenters. The molecule has 0 aromatic rings. The van der Waals surface area contributed by atoms with Crippen molar-refractivity contribution < 1.29 is 28.5 Å². The average Bonchev–Trinajstić information content (AvgIpc) is 2.81. The van der Waals surface area contributed by atoms with Gasteiger partial charge in [-0.2, -0.15) is 0 Å². The second-order valence-electron chi connectivity index (χ2n) is 8.33. The molecule has 0 aliphatic heterocycles. The Balaban J connectivity index is 2.53. The summed E-state index contributed by atoms with van der Waals surface area (Å²) in [6.45, 7) is 14.9. The molecule has 190 valence electrons. The van der Waals surface area contributed by atoms with Gasteiger partial charge in [0.15, 0.2) is 0 Å². The van der Waals surface area contributed by atoms with Crippen LogP contribution in [0.15, 0.2) is 27.9 Å². The molecule has 0 radical (unpaired) electrons. The number of aliphatic imine (C=N–C) groups is 1. The van der Waals surface area contributed by atoms with Crippen molar-refractivity contribution >= 4 is 12.7 Å². The number of hydrogen-bond donors (Lipinski definition) is 1. The molecule has 1 rings (SSSR count). The van der Waals surface area contributed by atoms with E-state index in [0.717, 1.165) is 50.1 Å². The Bertz CT molecular complexity index is 634. The zero-order chi connectivity index (χ0) is 24.5. The fraction of sp³-hybridized carbons (Fsp3) is 0.760. The van der Waals surface area contributed by atoms with E-state index in [1.54, 1.807) is 7.11 Å². The molecule has 0 heterocycles. The SMILES string of the molecule is C=NC/C(C(=O)OCC(C)OCC(C)OCC(C)OCC)=C1/C=C(NCCCOC)CCC1. The number of carbonyl (C=O) groups excluding carboxylic acids is 1. The topological polar surface area (TPSA) is 87.6 Å². The van der Waals surface area contributed by atoms with Gasteiger partial charge in [0.2, 0.25) is 0 Å². The van der Waals surface area contributed by atoms with E-state index in [-0.39, 0.29) is 37.4 Å². The van der Waals surface area contributed by atoms with Crippen LogP contribution in [0.25, 0.3) is 0 Å². The van der Waals surface area contributed by atoms with E-state index in [2.05, 4.69) is 23.1 Å². The first-order chi connectivity index (χ1) is 15.9. The van der Waals surface area contributed by atoms with E-state index in [1.807, 2.05) is 27.7 Å². The molecule has 0 bridgehead atoms. The molecule has 0 aromatic carbocycles. The third-order valence-electron chi connectivity index (χ3n) is 5.15. The van der Waals surface area contributed by atoms with Crippen LogP contribution in [-0.2, 0) is 28.5 Å². The van der Waals surface area contributed by atoms with Crippen LogP contribution < -0.4 is 5.32 Å². The van der Waals surface area contributed by atoms with Crippen molar-refractivity contribution in [1.29, 1.82) is 0 Å². The number of hydrogen-bond acceptors (Lipinski definition) is 8. The average molecular weight is 469 g/mol. The van der Waals surface area contributed by atoms with Gasteiger partial charge in [-0.25, -0.2) is 4.79 Å². The third kappa shape index (κ3) is 12.9. The standard InChI is InChI=1S/C25H44N2O6/c1-7-30-19(2)16-31-20(3)17-32-21(4)18-33-25(28)24(15-26-5)22-10-8-11-23(14-22)27-12-9-13-29-6/h14,19-21,27H,5,7-13,15-18H2,1-4,6H3/b24-22-. The Morgan fingerprint density at radius 1 is 1.09 bits per heavy atom. The van der Waals surface area contributed by atoms with Crippen molar-refractivity contribution in [2.45, 2.75) is 71.7 Å². The number of esters is 1. The van der Waals surface area contributed by atoms with Crippen molar-refractivity contribution in [3.05, 3.63) is 22.9 Å². The predicted octanol–water partition coefficient (Wildman–Crippen LogP) is 3.46. The number of rotatable bonds is 18. The van der Waals surface area contributed by atoms with E-state index in [4.69, 9.17) is 23.7 Å². The lowest BCUT2D eigenvalue weighted by Gasteiger charge is -2.21. The highest BCUT2D eigenvalue weighted by Gasteiger charge is 2.20. The summed E-state index contributed by atoms with van der Waals surface area (Å²) in [5.74, 6) is -0.362. The second kappa shape index (κ2) is 17.7. The molecule has 8 heteroatoms. The maximum atomic E-state index is 12.8. The Morgan fingerprint density at radius 2 is 1.76 bits per heavy atom.